The van der Waals surface area contributed by atoms with Crippen molar-refractivity contribution in [3.05, 3.63) is 58.9 Å². The number of ketones is 1. The molecule has 1 N–H and O–H groups in total. The highest BCUT2D eigenvalue weighted by molar-refractivity contribution is 6.07. The molecule has 4 rings (SSSR count). The van der Waals surface area contributed by atoms with Crippen LogP contribution in [0.15, 0.2) is 36.4 Å². The van der Waals surface area contributed by atoms with Gasteiger partial charge in [0.1, 0.15) is 11.4 Å². The summed E-state index contributed by atoms with van der Waals surface area (Å²) in [5.41, 5.74) is 4.13. The highest BCUT2D eigenvalue weighted by Crippen LogP contribution is 2.34. The van der Waals surface area contributed by atoms with Crippen molar-refractivity contribution >= 4 is 28.4 Å². The van der Waals surface area contributed by atoms with Gasteiger partial charge in [-0.3, -0.25) is 9.59 Å². The Balaban J connectivity index is 1.60. The van der Waals surface area contributed by atoms with Gasteiger partial charge in [0.05, 0.1) is 34.4 Å². The molecule has 1 amide bonds. The van der Waals surface area contributed by atoms with Crippen LogP contribution in [0.5, 0.6) is 5.75 Å². The molecule has 1 aliphatic heterocycles. The number of hydrogen-bond donors (Lipinski definition) is 1. The van der Waals surface area contributed by atoms with Crippen LogP contribution < -0.4 is 10.1 Å². The number of anilines is 1. The van der Waals surface area contributed by atoms with Gasteiger partial charge in [-0.05, 0) is 64.1 Å². The van der Waals surface area contributed by atoms with Crippen LogP contribution in [0, 0.1) is 13.8 Å². The maximum atomic E-state index is 12.7. The van der Waals surface area contributed by atoms with Crippen molar-refractivity contribution in [2.45, 2.75) is 39.7 Å². The van der Waals surface area contributed by atoms with Gasteiger partial charge in [-0.15, -0.1) is 0 Å². The maximum Gasteiger partial charge on any atom is 0.255 e. The van der Waals surface area contributed by atoms with Crippen molar-refractivity contribution in [3.8, 4) is 5.75 Å². The molecular formula is C22H21N3O3. The van der Waals surface area contributed by atoms with Crippen molar-refractivity contribution in [1.82, 2.24) is 9.97 Å². The smallest absolute Gasteiger partial charge is 0.255 e. The fourth-order valence-electron chi connectivity index (χ4n) is 3.31. The number of carbonyl (C=O) groups is 2. The van der Waals surface area contributed by atoms with E-state index in [1.165, 1.54) is 0 Å². The molecule has 0 spiro atoms. The standard InChI is InChI=1S/C22H21N3O3/c1-12-13(2)24-18-9-14(5-7-17(18)23-12)21(27)25-15-6-8-20-16(10-15)19(26)11-22(3,4)28-20/h5-10H,11H2,1-4H3,(H,25,27). The predicted octanol–water partition coefficient (Wildman–Crippen LogP) is 4.24. The average molecular weight is 375 g/mol. The summed E-state index contributed by atoms with van der Waals surface area (Å²) in [4.78, 5) is 34.1. The first-order chi connectivity index (χ1) is 13.2. The number of aryl methyl sites for hydroxylation is 2. The summed E-state index contributed by atoms with van der Waals surface area (Å²) >= 11 is 0. The van der Waals surface area contributed by atoms with Gasteiger partial charge in [0.2, 0.25) is 0 Å². The number of ether oxygens (including phenoxy) is 1. The monoisotopic (exact) mass is 375 g/mol. The lowest BCUT2D eigenvalue weighted by Gasteiger charge is -2.31. The first-order valence-corrected chi connectivity index (χ1v) is 9.14. The van der Waals surface area contributed by atoms with Crippen molar-refractivity contribution in [3.63, 3.8) is 0 Å². The summed E-state index contributed by atoms with van der Waals surface area (Å²) < 4.78 is 5.85. The zero-order valence-corrected chi connectivity index (χ0v) is 16.3. The predicted molar refractivity (Wildman–Crippen MR) is 107 cm³/mol. The van der Waals surface area contributed by atoms with E-state index in [-0.39, 0.29) is 11.7 Å². The Morgan fingerprint density at radius 1 is 1.04 bits per heavy atom. The number of nitrogens with zero attached hydrogens (tertiary/aromatic N) is 2. The van der Waals surface area contributed by atoms with Crippen LogP contribution in [0.2, 0.25) is 0 Å². The van der Waals surface area contributed by atoms with Crippen molar-refractivity contribution in [2.24, 2.45) is 0 Å². The Bertz CT molecular complexity index is 1140. The first-order valence-electron chi connectivity index (χ1n) is 9.14. The molecule has 0 fully saturated rings. The van der Waals surface area contributed by atoms with Crippen LogP contribution in [0.4, 0.5) is 5.69 Å². The Labute approximate surface area is 163 Å². The fraction of sp³-hybridized carbons (Fsp3) is 0.273. The summed E-state index contributed by atoms with van der Waals surface area (Å²) in [6.45, 7) is 7.57. The molecule has 1 aliphatic rings. The third-order valence-electron chi connectivity index (χ3n) is 4.85. The van der Waals surface area contributed by atoms with E-state index in [0.717, 1.165) is 16.9 Å². The lowest BCUT2D eigenvalue weighted by molar-refractivity contribution is 0.0620. The van der Waals surface area contributed by atoms with E-state index in [0.29, 0.717) is 34.5 Å². The molecule has 0 bridgehead atoms. The Morgan fingerprint density at radius 3 is 2.50 bits per heavy atom. The van der Waals surface area contributed by atoms with Gasteiger partial charge in [0, 0.05) is 11.3 Å². The minimum Gasteiger partial charge on any atom is -0.487 e. The molecule has 1 aromatic heterocycles. The molecule has 0 saturated heterocycles. The van der Waals surface area contributed by atoms with Gasteiger partial charge in [-0.2, -0.15) is 0 Å². The molecule has 0 unspecified atom stereocenters. The minimum absolute atomic E-state index is 0.00849. The van der Waals surface area contributed by atoms with E-state index < -0.39 is 5.60 Å². The third kappa shape index (κ3) is 3.33. The first kappa shape index (κ1) is 18.1. The summed E-state index contributed by atoms with van der Waals surface area (Å²) in [6, 6.07) is 10.4. The highest BCUT2D eigenvalue weighted by Gasteiger charge is 2.32. The minimum atomic E-state index is -0.516. The highest BCUT2D eigenvalue weighted by atomic mass is 16.5. The van der Waals surface area contributed by atoms with E-state index >= 15 is 0 Å². The topological polar surface area (TPSA) is 81.2 Å². The number of fused-ring (bicyclic) bond motifs is 2. The third-order valence-corrected chi connectivity index (χ3v) is 4.85. The second kappa shape index (κ2) is 6.41. The van der Waals surface area contributed by atoms with Crippen LogP contribution in [-0.2, 0) is 0 Å². The van der Waals surface area contributed by atoms with Gasteiger partial charge in [-0.25, -0.2) is 9.97 Å². The van der Waals surface area contributed by atoms with Crippen LogP contribution in [-0.4, -0.2) is 27.3 Å². The molecule has 0 atom stereocenters. The average Bonchev–Trinajstić information content (AvgIpc) is 2.62. The van der Waals surface area contributed by atoms with E-state index in [4.69, 9.17) is 4.74 Å². The number of nitrogens with one attached hydrogen (secondary N) is 1. The van der Waals surface area contributed by atoms with Gasteiger partial charge >= 0.3 is 0 Å². The fourth-order valence-corrected chi connectivity index (χ4v) is 3.31. The normalized spacial score (nSPS) is 15.1. The number of benzene rings is 2. The number of rotatable bonds is 2. The van der Waals surface area contributed by atoms with Crippen LogP contribution in [0.3, 0.4) is 0 Å². The Morgan fingerprint density at radius 2 is 1.75 bits per heavy atom. The van der Waals surface area contributed by atoms with Crippen molar-refractivity contribution in [2.75, 3.05) is 5.32 Å². The Hall–Kier alpha value is -3.28. The molecule has 3 aromatic rings. The maximum absolute atomic E-state index is 12.7. The van der Waals surface area contributed by atoms with Crippen molar-refractivity contribution < 1.29 is 14.3 Å². The molecule has 0 aliphatic carbocycles. The van der Waals surface area contributed by atoms with Crippen molar-refractivity contribution in [1.29, 1.82) is 0 Å². The molecule has 0 saturated carbocycles. The summed E-state index contributed by atoms with van der Waals surface area (Å²) in [6.07, 6.45) is 0.305. The molecule has 2 heterocycles. The number of amides is 1. The molecule has 2 aromatic carbocycles. The second-order valence-corrected chi connectivity index (χ2v) is 7.72. The molecule has 0 radical (unpaired) electrons. The number of carbonyl (C=O) groups excluding carboxylic acids is 2. The van der Waals surface area contributed by atoms with E-state index in [2.05, 4.69) is 15.3 Å². The van der Waals surface area contributed by atoms with Crippen LogP contribution in [0.1, 0.15) is 52.4 Å². The Kier molecular flexibility index (Phi) is 4.14. The van der Waals surface area contributed by atoms with E-state index in [1.54, 1.807) is 36.4 Å². The number of Topliss-reactive ketones (excluding diaryl/α,β-unsaturated/α-hetero) is 1. The van der Waals surface area contributed by atoms with Crippen LogP contribution in [0.25, 0.3) is 11.0 Å². The second-order valence-electron chi connectivity index (χ2n) is 7.72. The molecule has 142 valence electrons. The van der Waals surface area contributed by atoms with Gasteiger partial charge < -0.3 is 10.1 Å². The lowest BCUT2D eigenvalue weighted by atomic mass is 9.93. The summed E-state index contributed by atoms with van der Waals surface area (Å²) in [5, 5.41) is 2.85. The number of hydrogen-bond acceptors (Lipinski definition) is 5. The zero-order valence-electron chi connectivity index (χ0n) is 16.3. The zero-order chi connectivity index (χ0) is 20.1. The van der Waals surface area contributed by atoms with Crippen LogP contribution >= 0.6 is 0 Å². The molecular weight excluding hydrogens is 354 g/mol. The summed E-state index contributed by atoms with van der Waals surface area (Å²) in [7, 11) is 0. The van der Waals surface area contributed by atoms with Gasteiger partial charge in [0.25, 0.3) is 5.91 Å². The molecule has 28 heavy (non-hydrogen) atoms. The number of aromatic nitrogens is 2. The van der Waals surface area contributed by atoms with E-state index in [9.17, 15) is 9.59 Å². The molecule has 6 nitrogen and oxygen atoms in total. The van der Waals surface area contributed by atoms with E-state index in [1.807, 2.05) is 27.7 Å². The molecule has 6 heteroatoms. The summed E-state index contributed by atoms with van der Waals surface area (Å²) in [5.74, 6) is 0.284. The van der Waals surface area contributed by atoms with Gasteiger partial charge in [0.15, 0.2) is 5.78 Å². The largest absolute Gasteiger partial charge is 0.487 e. The SMILES string of the molecule is Cc1nc2ccc(C(=O)Nc3ccc4c(c3)C(=O)CC(C)(C)O4)cc2nc1C. The lowest BCUT2D eigenvalue weighted by Crippen LogP contribution is -2.35. The van der Waals surface area contributed by atoms with Gasteiger partial charge in [-0.1, -0.05) is 0 Å². The quantitative estimate of drug-likeness (QED) is 0.724.